The smallest absolute Gasteiger partial charge is 0.123 e. The van der Waals surface area contributed by atoms with E-state index >= 15 is 0 Å². The van der Waals surface area contributed by atoms with Crippen LogP contribution in [0.3, 0.4) is 0 Å². The topological polar surface area (TPSA) is 26.0 Å². The molecule has 1 aliphatic carbocycles. The molecule has 1 aliphatic rings. The lowest BCUT2D eigenvalue weighted by molar-refractivity contribution is 0.444. The number of halogens is 2. The molecule has 1 atom stereocenters. The van der Waals surface area contributed by atoms with Crippen LogP contribution in [0.4, 0.5) is 8.78 Å². The number of rotatable bonds is 3. The highest BCUT2D eigenvalue weighted by Gasteiger charge is 2.26. The van der Waals surface area contributed by atoms with Gasteiger partial charge in [0.1, 0.15) is 11.6 Å². The van der Waals surface area contributed by atoms with E-state index < -0.39 is 0 Å². The second-order valence-electron chi connectivity index (χ2n) is 6.88. The minimum absolute atomic E-state index is 0.0499. The Morgan fingerprint density at radius 2 is 1.43 bits per heavy atom. The van der Waals surface area contributed by atoms with E-state index in [2.05, 4.69) is 13.8 Å². The Morgan fingerprint density at radius 1 is 0.957 bits per heavy atom. The Hall–Kier alpha value is -1.74. The first-order valence-corrected chi connectivity index (χ1v) is 8.28. The van der Waals surface area contributed by atoms with Gasteiger partial charge in [0.2, 0.25) is 0 Å². The monoisotopic (exact) mass is 315 g/mol. The van der Waals surface area contributed by atoms with Crippen LogP contribution in [0, 0.1) is 17.6 Å². The summed E-state index contributed by atoms with van der Waals surface area (Å²) in [6.45, 7) is 4.22. The standard InChI is InChI=1S/C20H23F2N/c1-12(2)20(23)11-19-17-7-5-15(21)9-13(17)3-4-14-10-16(22)6-8-18(14)19/h5-10,12,19-20H,3-4,11,23H2,1-2H3. The van der Waals surface area contributed by atoms with Crippen LogP contribution < -0.4 is 5.73 Å². The first kappa shape index (κ1) is 16.1. The Balaban J connectivity index is 2.10. The van der Waals surface area contributed by atoms with E-state index in [1.54, 1.807) is 12.1 Å². The summed E-state index contributed by atoms with van der Waals surface area (Å²) in [5.41, 5.74) is 10.6. The quantitative estimate of drug-likeness (QED) is 0.882. The predicted octanol–water partition coefficient (Wildman–Crippen LogP) is 4.57. The van der Waals surface area contributed by atoms with Crippen molar-refractivity contribution in [1.82, 2.24) is 0 Å². The molecule has 23 heavy (non-hydrogen) atoms. The van der Waals surface area contributed by atoms with Crippen LogP contribution in [0.2, 0.25) is 0 Å². The molecule has 122 valence electrons. The van der Waals surface area contributed by atoms with Gasteiger partial charge in [0, 0.05) is 12.0 Å². The van der Waals surface area contributed by atoms with Gasteiger partial charge in [0.25, 0.3) is 0 Å². The minimum Gasteiger partial charge on any atom is -0.327 e. The van der Waals surface area contributed by atoms with Crippen LogP contribution in [0.1, 0.15) is 48.4 Å². The third-order valence-electron chi connectivity index (χ3n) is 4.99. The lowest BCUT2D eigenvalue weighted by Gasteiger charge is -2.25. The zero-order chi connectivity index (χ0) is 16.6. The summed E-state index contributed by atoms with van der Waals surface area (Å²) in [5, 5.41) is 0. The highest BCUT2D eigenvalue weighted by molar-refractivity contribution is 5.45. The lowest BCUT2D eigenvalue weighted by Crippen LogP contribution is -2.29. The fraction of sp³-hybridized carbons (Fsp3) is 0.400. The van der Waals surface area contributed by atoms with Crippen LogP contribution in [0.25, 0.3) is 0 Å². The van der Waals surface area contributed by atoms with Gasteiger partial charge in [-0.25, -0.2) is 8.78 Å². The van der Waals surface area contributed by atoms with Gasteiger partial charge < -0.3 is 5.73 Å². The SMILES string of the molecule is CC(C)C(N)CC1c2ccc(F)cc2CCc2cc(F)ccc21. The summed E-state index contributed by atoms with van der Waals surface area (Å²) in [6.07, 6.45) is 2.25. The molecule has 2 aromatic rings. The fourth-order valence-electron chi connectivity index (χ4n) is 3.50. The van der Waals surface area contributed by atoms with Crippen LogP contribution in [0.5, 0.6) is 0 Å². The van der Waals surface area contributed by atoms with Gasteiger partial charge in [-0.3, -0.25) is 0 Å². The molecular formula is C20H23F2N. The normalized spacial score (nSPS) is 15.9. The maximum absolute atomic E-state index is 13.7. The minimum atomic E-state index is -0.215. The zero-order valence-electron chi connectivity index (χ0n) is 13.7. The number of hydrogen-bond acceptors (Lipinski definition) is 1. The second-order valence-corrected chi connectivity index (χ2v) is 6.88. The van der Waals surface area contributed by atoms with Gasteiger partial charge >= 0.3 is 0 Å². The van der Waals surface area contributed by atoms with Gasteiger partial charge in [-0.2, -0.15) is 0 Å². The van der Waals surface area contributed by atoms with Crippen molar-refractivity contribution in [3.8, 4) is 0 Å². The summed E-state index contributed by atoms with van der Waals surface area (Å²) in [6, 6.07) is 10.1. The molecule has 1 nitrogen and oxygen atoms in total. The molecule has 0 saturated carbocycles. The summed E-state index contributed by atoms with van der Waals surface area (Å²) in [5.74, 6) is 0.0349. The molecule has 0 spiro atoms. The molecule has 0 radical (unpaired) electrons. The summed E-state index contributed by atoms with van der Waals surface area (Å²) in [4.78, 5) is 0. The largest absolute Gasteiger partial charge is 0.327 e. The molecule has 0 aliphatic heterocycles. The fourth-order valence-corrected chi connectivity index (χ4v) is 3.50. The summed E-state index contributed by atoms with van der Waals surface area (Å²) in [7, 11) is 0. The first-order chi connectivity index (χ1) is 11.0. The molecule has 0 saturated heterocycles. The van der Waals surface area contributed by atoms with E-state index in [1.807, 2.05) is 12.1 Å². The third-order valence-corrected chi connectivity index (χ3v) is 4.99. The molecule has 0 bridgehead atoms. The van der Waals surface area contributed by atoms with Crippen molar-refractivity contribution in [2.24, 2.45) is 11.7 Å². The number of aryl methyl sites for hydroxylation is 2. The zero-order valence-corrected chi connectivity index (χ0v) is 13.7. The van der Waals surface area contributed by atoms with E-state index in [4.69, 9.17) is 5.73 Å². The molecule has 0 amide bonds. The number of nitrogens with two attached hydrogens (primary N) is 1. The third kappa shape index (κ3) is 3.30. The average Bonchev–Trinajstić information content (AvgIpc) is 2.64. The van der Waals surface area contributed by atoms with Crippen molar-refractivity contribution in [2.45, 2.75) is 45.1 Å². The molecule has 2 N–H and O–H groups in total. The average molecular weight is 315 g/mol. The summed E-state index contributed by atoms with van der Waals surface area (Å²) >= 11 is 0. The van der Waals surface area contributed by atoms with Crippen LogP contribution >= 0.6 is 0 Å². The van der Waals surface area contributed by atoms with E-state index in [1.165, 1.54) is 12.1 Å². The van der Waals surface area contributed by atoms with Gasteiger partial charge in [0.15, 0.2) is 0 Å². The number of fused-ring (bicyclic) bond motifs is 2. The van der Waals surface area contributed by atoms with Crippen molar-refractivity contribution < 1.29 is 8.78 Å². The van der Waals surface area contributed by atoms with Gasteiger partial charge in [-0.15, -0.1) is 0 Å². The Kier molecular flexibility index (Phi) is 4.49. The van der Waals surface area contributed by atoms with E-state index in [0.29, 0.717) is 5.92 Å². The van der Waals surface area contributed by atoms with Crippen LogP contribution in [-0.2, 0) is 12.8 Å². The van der Waals surface area contributed by atoms with Gasteiger partial charge in [0.05, 0.1) is 0 Å². The Morgan fingerprint density at radius 3 is 1.87 bits per heavy atom. The number of hydrogen-bond donors (Lipinski definition) is 1. The van der Waals surface area contributed by atoms with Gasteiger partial charge in [-0.1, -0.05) is 26.0 Å². The van der Waals surface area contributed by atoms with Crippen LogP contribution in [-0.4, -0.2) is 6.04 Å². The second kappa shape index (κ2) is 6.40. The summed E-state index contributed by atoms with van der Waals surface area (Å²) < 4.78 is 27.3. The predicted molar refractivity (Wildman–Crippen MR) is 89.5 cm³/mol. The van der Waals surface area contributed by atoms with Crippen LogP contribution in [0.15, 0.2) is 36.4 Å². The van der Waals surface area contributed by atoms with Crippen molar-refractivity contribution in [3.05, 3.63) is 70.3 Å². The molecule has 3 heteroatoms. The van der Waals surface area contributed by atoms with Crippen molar-refractivity contribution in [3.63, 3.8) is 0 Å². The van der Waals surface area contributed by atoms with Crippen molar-refractivity contribution in [1.29, 1.82) is 0 Å². The Bertz CT molecular complexity index is 655. The van der Waals surface area contributed by atoms with Crippen molar-refractivity contribution in [2.75, 3.05) is 0 Å². The molecular weight excluding hydrogens is 292 g/mol. The maximum atomic E-state index is 13.7. The molecule has 2 aromatic carbocycles. The lowest BCUT2D eigenvalue weighted by atomic mass is 9.81. The molecule has 0 heterocycles. The molecule has 0 fully saturated rings. The molecule has 1 unspecified atom stereocenters. The molecule has 0 aromatic heterocycles. The van der Waals surface area contributed by atoms with E-state index in [-0.39, 0.29) is 23.6 Å². The van der Waals surface area contributed by atoms with Gasteiger partial charge in [-0.05, 0) is 71.7 Å². The van der Waals surface area contributed by atoms with E-state index in [0.717, 1.165) is 41.5 Å². The highest BCUT2D eigenvalue weighted by atomic mass is 19.1. The van der Waals surface area contributed by atoms with Crippen molar-refractivity contribution >= 4 is 0 Å². The Labute approximate surface area is 136 Å². The maximum Gasteiger partial charge on any atom is 0.123 e. The molecule has 3 rings (SSSR count). The first-order valence-electron chi connectivity index (χ1n) is 8.28. The van der Waals surface area contributed by atoms with E-state index in [9.17, 15) is 8.78 Å². The number of benzene rings is 2. The highest BCUT2D eigenvalue weighted by Crippen LogP contribution is 2.38.